The Bertz CT molecular complexity index is 793. The molecule has 0 spiro atoms. The van der Waals surface area contributed by atoms with Gasteiger partial charge in [0.25, 0.3) is 0 Å². The molecule has 3 rings (SSSR count). The number of thiocarbonyl (C=S) groups is 1. The minimum absolute atomic E-state index is 0.574. The molecule has 1 fully saturated rings. The fourth-order valence-electron chi connectivity index (χ4n) is 3.14. The van der Waals surface area contributed by atoms with E-state index in [-0.39, 0.29) is 0 Å². The normalized spacial score (nSPS) is 13.6. The van der Waals surface area contributed by atoms with Crippen molar-refractivity contribution in [3.05, 3.63) is 58.1 Å². The zero-order chi connectivity index (χ0) is 18.0. The summed E-state index contributed by atoms with van der Waals surface area (Å²) in [4.78, 5) is 0.872. The van der Waals surface area contributed by atoms with Crippen LogP contribution >= 0.6 is 12.2 Å². The molecule has 0 atom stereocenters. The summed E-state index contributed by atoms with van der Waals surface area (Å²) in [6.07, 6.45) is 3.40. The number of anilines is 1. The summed E-state index contributed by atoms with van der Waals surface area (Å²) >= 11 is 5.40. The van der Waals surface area contributed by atoms with E-state index < -0.39 is 0 Å². The van der Waals surface area contributed by atoms with E-state index in [0.29, 0.717) is 12.5 Å². The van der Waals surface area contributed by atoms with Gasteiger partial charge >= 0.3 is 0 Å². The second-order valence-electron chi connectivity index (χ2n) is 7.04. The third-order valence-corrected chi connectivity index (χ3v) is 5.38. The number of ether oxygens (including phenoxy) is 1. The standard InChI is InChI=1S/C22H27NOS/c1-5-22(25)23-20-8-6-7-18(17-9-10-17)19(20)13-24-21-12-15(3)14(2)11-16(21)4/h6-8,11-12,17H,5,9-10,13H2,1-4H3,(H,23,25). The molecular weight excluding hydrogens is 326 g/mol. The molecule has 3 heteroatoms. The van der Waals surface area contributed by atoms with Gasteiger partial charge in [0.15, 0.2) is 0 Å². The second-order valence-corrected chi connectivity index (χ2v) is 7.53. The van der Waals surface area contributed by atoms with Crippen molar-refractivity contribution >= 4 is 22.9 Å². The van der Waals surface area contributed by atoms with E-state index in [1.165, 1.54) is 40.7 Å². The molecule has 2 aromatic carbocycles. The van der Waals surface area contributed by atoms with Gasteiger partial charge in [0.1, 0.15) is 12.4 Å². The first-order valence-electron chi connectivity index (χ1n) is 9.12. The van der Waals surface area contributed by atoms with Crippen LogP contribution in [0.25, 0.3) is 0 Å². The molecule has 2 nitrogen and oxygen atoms in total. The maximum absolute atomic E-state index is 6.25. The molecule has 1 N–H and O–H groups in total. The lowest BCUT2D eigenvalue weighted by atomic mass is 10.0. The fraction of sp³-hybridized carbons (Fsp3) is 0.409. The second kappa shape index (κ2) is 7.57. The monoisotopic (exact) mass is 353 g/mol. The summed E-state index contributed by atoms with van der Waals surface area (Å²) in [6.45, 7) is 9.04. The average Bonchev–Trinajstić information content (AvgIpc) is 3.42. The van der Waals surface area contributed by atoms with Crippen LogP contribution in [0, 0.1) is 20.8 Å². The van der Waals surface area contributed by atoms with E-state index in [9.17, 15) is 0 Å². The molecule has 1 aliphatic rings. The SMILES string of the molecule is CCC(=S)Nc1cccc(C2CC2)c1COc1cc(C)c(C)cc1C. The summed E-state index contributed by atoms with van der Waals surface area (Å²) in [5, 5.41) is 3.41. The smallest absolute Gasteiger partial charge is 0.123 e. The van der Waals surface area contributed by atoms with Crippen molar-refractivity contribution in [1.82, 2.24) is 0 Å². The van der Waals surface area contributed by atoms with Crippen molar-refractivity contribution in [2.45, 2.75) is 59.5 Å². The first kappa shape index (κ1) is 17.9. The molecule has 25 heavy (non-hydrogen) atoms. The van der Waals surface area contributed by atoms with Crippen LogP contribution in [0.4, 0.5) is 5.69 Å². The Kier molecular flexibility index (Phi) is 5.43. The van der Waals surface area contributed by atoms with Crippen LogP contribution < -0.4 is 10.1 Å². The molecular formula is C22H27NOS. The first-order valence-corrected chi connectivity index (χ1v) is 9.52. The number of benzene rings is 2. The number of rotatable bonds is 6. The van der Waals surface area contributed by atoms with Gasteiger partial charge in [0.2, 0.25) is 0 Å². The van der Waals surface area contributed by atoms with Crippen LogP contribution in [0.2, 0.25) is 0 Å². The predicted octanol–water partition coefficient (Wildman–Crippen LogP) is 6.22. The third-order valence-electron chi connectivity index (χ3n) is 4.99. The Morgan fingerprint density at radius 3 is 2.52 bits per heavy atom. The van der Waals surface area contributed by atoms with Gasteiger partial charge in [-0.2, -0.15) is 0 Å². The van der Waals surface area contributed by atoms with Crippen LogP contribution in [0.1, 0.15) is 59.9 Å². The predicted molar refractivity (Wildman–Crippen MR) is 110 cm³/mol. The van der Waals surface area contributed by atoms with E-state index in [4.69, 9.17) is 17.0 Å². The minimum atomic E-state index is 0.574. The molecule has 0 aromatic heterocycles. The van der Waals surface area contributed by atoms with Crippen LogP contribution in [-0.4, -0.2) is 4.99 Å². The first-order chi connectivity index (χ1) is 12.0. The number of hydrogen-bond donors (Lipinski definition) is 1. The Hall–Kier alpha value is -1.87. The molecule has 1 saturated carbocycles. The molecule has 132 valence electrons. The van der Waals surface area contributed by atoms with Gasteiger partial charge in [0.05, 0.1) is 4.99 Å². The lowest BCUT2D eigenvalue weighted by molar-refractivity contribution is 0.303. The topological polar surface area (TPSA) is 21.3 Å². The van der Waals surface area contributed by atoms with Gasteiger partial charge < -0.3 is 10.1 Å². The highest BCUT2D eigenvalue weighted by Crippen LogP contribution is 2.43. The maximum Gasteiger partial charge on any atom is 0.123 e. The Morgan fingerprint density at radius 1 is 1.12 bits per heavy atom. The van der Waals surface area contributed by atoms with Crippen molar-refractivity contribution in [2.24, 2.45) is 0 Å². The largest absolute Gasteiger partial charge is 0.489 e. The van der Waals surface area contributed by atoms with E-state index in [1.807, 2.05) is 0 Å². The highest BCUT2D eigenvalue weighted by atomic mass is 32.1. The zero-order valence-corrected chi connectivity index (χ0v) is 16.4. The van der Waals surface area contributed by atoms with Gasteiger partial charge in [0, 0.05) is 11.3 Å². The lowest BCUT2D eigenvalue weighted by Gasteiger charge is -2.18. The minimum Gasteiger partial charge on any atom is -0.489 e. The molecule has 0 saturated heterocycles. The molecule has 1 aliphatic carbocycles. The van der Waals surface area contributed by atoms with Crippen molar-refractivity contribution in [3.63, 3.8) is 0 Å². The van der Waals surface area contributed by atoms with Crippen molar-refractivity contribution in [1.29, 1.82) is 0 Å². The van der Waals surface area contributed by atoms with Crippen LogP contribution in [-0.2, 0) is 6.61 Å². The zero-order valence-electron chi connectivity index (χ0n) is 15.6. The van der Waals surface area contributed by atoms with E-state index >= 15 is 0 Å². The highest BCUT2D eigenvalue weighted by Gasteiger charge is 2.27. The Labute approximate surface area is 156 Å². The molecule has 0 unspecified atom stereocenters. The Balaban J connectivity index is 1.88. The van der Waals surface area contributed by atoms with Crippen molar-refractivity contribution < 1.29 is 4.74 Å². The molecule has 0 amide bonds. The van der Waals surface area contributed by atoms with Crippen LogP contribution in [0.3, 0.4) is 0 Å². The number of nitrogens with one attached hydrogen (secondary N) is 1. The third kappa shape index (κ3) is 4.21. The fourth-order valence-corrected chi connectivity index (χ4v) is 3.25. The molecule has 0 heterocycles. The van der Waals surface area contributed by atoms with Gasteiger partial charge in [-0.15, -0.1) is 0 Å². The van der Waals surface area contributed by atoms with Gasteiger partial charge in [-0.1, -0.05) is 37.3 Å². The lowest BCUT2D eigenvalue weighted by Crippen LogP contribution is -2.12. The summed E-state index contributed by atoms with van der Waals surface area (Å²) < 4.78 is 6.25. The van der Waals surface area contributed by atoms with Crippen molar-refractivity contribution in [3.8, 4) is 5.75 Å². The van der Waals surface area contributed by atoms with Crippen LogP contribution in [0.5, 0.6) is 5.75 Å². The molecule has 0 aliphatic heterocycles. The quantitative estimate of drug-likeness (QED) is 0.623. The van der Waals surface area contributed by atoms with Crippen LogP contribution in [0.15, 0.2) is 30.3 Å². The van der Waals surface area contributed by atoms with Crippen molar-refractivity contribution in [2.75, 3.05) is 5.32 Å². The highest BCUT2D eigenvalue weighted by molar-refractivity contribution is 7.80. The van der Waals surface area contributed by atoms with E-state index in [2.05, 4.69) is 63.3 Å². The van der Waals surface area contributed by atoms with E-state index in [1.54, 1.807) is 0 Å². The van der Waals surface area contributed by atoms with Gasteiger partial charge in [-0.25, -0.2) is 0 Å². The molecule has 0 bridgehead atoms. The van der Waals surface area contributed by atoms with Gasteiger partial charge in [-0.3, -0.25) is 0 Å². The maximum atomic E-state index is 6.25. The summed E-state index contributed by atoms with van der Waals surface area (Å²) in [7, 11) is 0. The number of aryl methyl sites for hydroxylation is 3. The summed E-state index contributed by atoms with van der Waals surface area (Å²) in [5.74, 6) is 1.65. The van der Waals surface area contributed by atoms with E-state index in [0.717, 1.165) is 22.8 Å². The molecule has 0 radical (unpaired) electrons. The summed E-state index contributed by atoms with van der Waals surface area (Å²) in [6, 6.07) is 10.8. The molecule has 2 aromatic rings. The van der Waals surface area contributed by atoms with Gasteiger partial charge in [-0.05, 0) is 80.3 Å². The summed E-state index contributed by atoms with van der Waals surface area (Å²) in [5.41, 5.74) is 7.51. The number of hydrogen-bond acceptors (Lipinski definition) is 2. The Morgan fingerprint density at radius 2 is 1.84 bits per heavy atom. The average molecular weight is 354 g/mol.